The molecule has 5 heteroatoms. The summed E-state index contributed by atoms with van der Waals surface area (Å²) in [6.07, 6.45) is 0.0772. The zero-order chi connectivity index (χ0) is 14.4. The number of carbonyl (C=O) groups is 2. The highest BCUT2D eigenvalue weighted by Gasteiger charge is 2.15. The molecule has 0 bridgehead atoms. The fraction of sp³-hybridized carbons (Fsp3) is 0.429. The van der Waals surface area contributed by atoms with Crippen molar-refractivity contribution in [1.29, 1.82) is 0 Å². The van der Waals surface area contributed by atoms with E-state index in [2.05, 4.69) is 5.32 Å². The highest BCUT2D eigenvalue weighted by atomic mass is 16.5. The SMILES string of the molecule is CC(C)Oc1ccccc1NC(=O)CC(C)C(N)=O. The van der Waals surface area contributed by atoms with E-state index in [9.17, 15) is 9.59 Å². The largest absolute Gasteiger partial charge is 0.489 e. The minimum absolute atomic E-state index is 0.0163. The van der Waals surface area contributed by atoms with Gasteiger partial charge in [-0.05, 0) is 26.0 Å². The van der Waals surface area contributed by atoms with Crippen molar-refractivity contribution in [3.63, 3.8) is 0 Å². The van der Waals surface area contributed by atoms with Crippen molar-refractivity contribution >= 4 is 17.5 Å². The first kappa shape index (κ1) is 15.0. The summed E-state index contributed by atoms with van der Waals surface area (Å²) in [6.45, 7) is 5.44. The number of ether oxygens (including phenoxy) is 1. The number of nitrogens with one attached hydrogen (secondary N) is 1. The van der Waals surface area contributed by atoms with Gasteiger partial charge in [-0.25, -0.2) is 0 Å². The van der Waals surface area contributed by atoms with Crippen molar-refractivity contribution in [3.05, 3.63) is 24.3 Å². The summed E-state index contributed by atoms with van der Waals surface area (Å²) < 4.78 is 5.59. The van der Waals surface area contributed by atoms with Crippen molar-refractivity contribution in [3.8, 4) is 5.75 Å². The van der Waals surface area contributed by atoms with Crippen LogP contribution in [0.15, 0.2) is 24.3 Å². The van der Waals surface area contributed by atoms with Gasteiger partial charge in [0.2, 0.25) is 11.8 Å². The van der Waals surface area contributed by atoms with Crippen molar-refractivity contribution < 1.29 is 14.3 Å². The first-order valence-corrected chi connectivity index (χ1v) is 6.25. The number of nitrogens with two attached hydrogens (primary N) is 1. The number of amides is 2. The van der Waals surface area contributed by atoms with Crippen LogP contribution in [0, 0.1) is 5.92 Å². The maximum Gasteiger partial charge on any atom is 0.225 e. The average Bonchev–Trinajstić information content (AvgIpc) is 2.30. The van der Waals surface area contributed by atoms with Crippen LogP contribution >= 0.6 is 0 Å². The Morgan fingerprint density at radius 3 is 2.47 bits per heavy atom. The molecule has 1 aromatic carbocycles. The lowest BCUT2D eigenvalue weighted by Gasteiger charge is -2.15. The molecule has 5 nitrogen and oxygen atoms in total. The highest BCUT2D eigenvalue weighted by Crippen LogP contribution is 2.25. The Hall–Kier alpha value is -2.04. The van der Waals surface area contributed by atoms with E-state index in [1.807, 2.05) is 19.9 Å². The molecule has 0 aliphatic heterocycles. The standard InChI is InChI=1S/C14H20N2O3/c1-9(2)19-12-7-5-4-6-11(12)16-13(17)8-10(3)14(15)18/h4-7,9-10H,8H2,1-3H3,(H2,15,18)(H,16,17). The summed E-state index contributed by atoms with van der Waals surface area (Å²) in [7, 11) is 0. The molecule has 1 aromatic rings. The molecule has 1 rings (SSSR count). The second-order valence-electron chi connectivity index (χ2n) is 4.72. The van der Waals surface area contributed by atoms with Crippen LogP contribution in [0.5, 0.6) is 5.75 Å². The van der Waals surface area contributed by atoms with E-state index in [1.165, 1.54) is 0 Å². The van der Waals surface area contributed by atoms with Crippen molar-refractivity contribution in [2.24, 2.45) is 11.7 Å². The van der Waals surface area contributed by atoms with Crippen molar-refractivity contribution in [2.45, 2.75) is 33.3 Å². The average molecular weight is 264 g/mol. The summed E-state index contributed by atoms with van der Waals surface area (Å²) in [5.74, 6) is -0.622. The molecule has 0 fully saturated rings. The fourth-order valence-corrected chi connectivity index (χ4v) is 1.51. The van der Waals surface area contributed by atoms with Crippen molar-refractivity contribution in [1.82, 2.24) is 0 Å². The molecule has 0 saturated carbocycles. The quantitative estimate of drug-likeness (QED) is 0.823. The molecule has 0 aromatic heterocycles. The minimum Gasteiger partial charge on any atom is -0.489 e. The molecule has 2 amide bonds. The van der Waals surface area contributed by atoms with Gasteiger partial charge in [0.25, 0.3) is 0 Å². The number of hydrogen-bond donors (Lipinski definition) is 2. The van der Waals surface area contributed by atoms with Gasteiger partial charge in [0, 0.05) is 12.3 Å². The van der Waals surface area contributed by atoms with Crippen LogP contribution in [0.3, 0.4) is 0 Å². The van der Waals surface area contributed by atoms with Crippen LogP contribution in [-0.2, 0) is 9.59 Å². The molecule has 104 valence electrons. The molecule has 1 unspecified atom stereocenters. The summed E-state index contributed by atoms with van der Waals surface area (Å²) in [6, 6.07) is 7.18. The Kier molecular flexibility index (Phi) is 5.36. The molecule has 0 spiro atoms. The summed E-state index contributed by atoms with van der Waals surface area (Å²) >= 11 is 0. The second-order valence-corrected chi connectivity index (χ2v) is 4.72. The third kappa shape index (κ3) is 4.99. The molecule has 0 heterocycles. The van der Waals surface area contributed by atoms with Gasteiger partial charge >= 0.3 is 0 Å². The highest BCUT2D eigenvalue weighted by molar-refractivity contribution is 5.94. The maximum absolute atomic E-state index is 11.8. The van der Waals surface area contributed by atoms with Gasteiger partial charge in [-0.2, -0.15) is 0 Å². The lowest BCUT2D eigenvalue weighted by Crippen LogP contribution is -2.25. The van der Waals surface area contributed by atoms with Gasteiger partial charge in [0.1, 0.15) is 5.75 Å². The number of primary amides is 1. The van der Waals surface area contributed by atoms with Gasteiger partial charge in [-0.1, -0.05) is 19.1 Å². The Balaban J connectivity index is 2.71. The van der Waals surface area contributed by atoms with Gasteiger partial charge in [-0.3, -0.25) is 9.59 Å². The lowest BCUT2D eigenvalue weighted by molar-refractivity contribution is -0.125. The van der Waals surface area contributed by atoms with E-state index in [4.69, 9.17) is 10.5 Å². The van der Waals surface area contributed by atoms with Gasteiger partial charge in [-0.15, -0.1) is 0 Å². The van der Waals surface area contributed by atoms with Crippen LogP contribution in [-0.4, -0.2) is 17.9 Å². The zero-order valence-electron chi connectivity index (χ0n) is 11.5. The monoisotopic (exact) mass is 264 g/mol. The summed E-state index contributed by atoms with van der Waals surface area (Å²) in [4.78, 5) is 22.7. The van der Waals surface area contributed by atoms with Crippen molar-refractivity contribution in [2.75, 3.05) is 5.32 Å². The molecular weight excluding hydrogens is 244 g/mol. The van der Waals surface area contributed by atoms with E-state index in [0.717, 1.165) is 0 Å². The third-order valence-corrected chi connectivity index (χ3v) is 2.50. The van der Waals surface area contributed by atoms with Crippen LogP contribution in [0.25, 0.3) is 0 Å². The van der Waals surface area contributed by atoms with E-state index in [1.54, 1.807) is 25.1 Å². The predicted molar refractivity (Wildman–Crippen MR) is 73.8 cm³/mol. The number of anilines is 1. The Morgan fingerprint density at radius 2 is 1.89 bits per heavy atom. The molecule has 0 aliphatic carbocycles. The normalized spacial score (nSPS) is 12.0. The Bertz CT molecular complexity index is 458. The van der Waals surface area contributed by atoms with E-state index < -0.39 is 11.8 Å². The van der Waals surface area contributed by atoms with Gasteiger partial charge in [0.15, 0.2) is 0 Å². The molecule has 0 radical (unpaired) electrons. The molecule has 19 heavy (non-hydrogen) atoms. The van der Waals surface area contributed by atoms with Crippen LogP contribution in [0.2, 0.25) is 0 Å². The molecule has 1 atom stereocenters. The maximum atomic E-state index is 11.8. The van der Waals surface area contributed by atoms with E-state index >= 15 is 0 Å². The molecule has 3 N–H and O–H groups in total. The van der Waals surface area contributed by atoms with Crippen LogP contribution in [0.1, 0.15) is 27.2 Å². The van der Waals surface area contributed by atoms with E-state index in [-0.39, 0.29) is 18.4 Å². The minimum atomic E-state index is -0.488. The number of carbonyl (C=O) groups excluding carboxylic acids is 2. The Labute approximate surface area is 113 Å². The van der Waals surface area contributed by atoms with Crippen LogP contribution in [0.4, 0.5) is 5.69 Å². The smallest absolute Gasteiger partial charge is 0.225 e. The number of hydrogen-bond acceptors (Lipinski definition) is 3. The summed E-state index contributed by atoms with van der Waals surface area (Å²) in [5.41, 5.74) is 5.73. The molecule has 0 aliphatic rings. The summed E-state index contributed by atoms with van der Waals surface area (Å²) in [5, 5.41) is 2.73. The van der Waals surface area contributed by atoms with Crippen LogP contribution < -0.4 is 15.8 Å². The number of rotatable bonds is 6. The Morgan fingerprint density at radius 1 is 1.26 bits per heavy atom. The van der Waals surface area contributed by atoms with E-state index in [0.29, 0.717) is 11.4 Å². The fourth-order valence-electron chi connectivity index (χ4n) is 1.51. The molecular formula is C14H20N2O3. The topological polar surface area (TPSA) is 81.4 Å². The molecule has 0 saturated heterocycles. The first-order chi connectivity index (χ1) is 8.90. The third-order valence-electron chi connectivity index (χ3n) is 2.50. The number of benzene rings is 1. The van der Waals surface area contributed by atoms with Gasteiger partial charge < -0.3 is 15.8 Å². The number of para-hydroxylation sites is 2. The first-order valence-electron chi connectivity index (χ1n) is 6.25. The second kappa shape index (κ2) is 6.78. The zero-order valence-corrected chi connectivity index (χ0v) is 11.5. The lowest BCUT2D eigenvalue weighted by atomic mass is 10.1. The predicted octanol–water partition coefficient (Wildman–Crippen LogP) is 1.92. The van der Waals surface area contributed by atoms with Gasteiger partial charge in [0.05, 0.1) is 11.8 Å².